The third-order valence-corrected chi connectivity index (χ3v) is 3.21. The van der Waals surface area contributed by atoms with E-state index >= 15 is 0 Å². The largest absolute Gasteiger partial charge is 0.399 e. The zero-order valence-corrected chi connectivity index (χ0v) is 11.5. The summed E-state index contributed by atoms with van der Waals surface area (Å²) < 4.78 is 0. The van der Waals surface area contributed by atoms with E-state index in [0.29, 0.717) is 0 Å². The number of nitrogens with two attached hydrogens (primary N) is 1. The van der Waals surface area contributed by atoms with E-state index in [4.69, 9.17) is 5.73 Å². The molecule has 0 unspecified atom stereocenters. The summed E-state index contributed by atoms with van der Waals surface area (Å²) in [5, 5.41) is 0. The summed E-state index contributed by atoms with van der Waals surface area (Å²) in [4.78, 5) is 2.54. The molecule has 0 aromatic heterocycles. The van der Waals surface area contributed by atoms with Crippen LogP contribution >= 0.6 is 0 Å². The second-order valence-corrected chi connectivity index (χ2v) is 4.52. The van der Waals surface area contributed by atoms with E-state index in [2.05, 4.69) is 24.0 Å². The van der Waals surface area contributed by atoms with Gasteiger partial charge in [-0.1, -0.05) is 26.3 Å². The fourth-order valence-corrected chi connectivity index (χ4v) is 2.25. The first-order chi connectivity index (χ1) is 8.25. The second-order valence-electron chi connectivity index (χ2n) is 4.52. The quantitative estimate of drug-likeness (QED) is 0.792. The van der Waals surface area contributed by atoms with Gasteiger partial charge in [-0.05, 0) is 56.1 Å². The Morgan fingerprint density at radius 3 is 2.35 bits per heavy atom. The number of hydrogen-bond donors (Lipinski definition) is 1. The predicted octanol–water partition coefficient (Wildman–Crippen LogP) is 3.59. The van der Waals surface area contributed by atoms with Crippen molar-refractivity contribution in [1.82, 2.24) is 4.90 Å². The first-order valence-corrected chi connectivity index (χ1v) is 6.83. The van der Waals surface area contributed by atoms with Crippen molar-refractivity contribution in [1.29, 1.82) is 0 Å². The fourth-order valence-electron chi connectivity index (χ4n) is 2.25. The van der Waals surface area contributed by atoms with Crippen LogP contribution in [0.2, 0.25) is 0 Å². The molecule has 0 amide bonds. The lowest BCUT2D eigenvalue weighted by Crippen LogP contribution is -2.29. The van der Waals surface area contributed by atoms with Crippen molar-refractivity contribution in [2.45, 2.75) is 46.6 Å². The molecule has 1 aliphatic heterocycles. The molecule has 0 atom stereocenters. The first-order valence-electron chi connectivity index (χ1n) is 6.83. The number of anilines is 1. The molecule has 2 rings (SSSR count). The van der Waals surface area contributed by atoms with Gasteiger partial charge in [0.25, 0.3) is 0 Å². The lowest BCUT2D eigenvalue weighted by Gasteiger charge is -2.27. The highest BCUT2D eigenvalue weighted by atomic mass is 15.1. The van der Waals surface area contributed by atoms with E-state index in [1.165, 1.54) is 43.5 Å². The minimum atomic E-state index is 0.870. The smallest absolute Gasteiger partial charge is 0.0316 e. The Balaban J connectivity index is 0.000000686. The SMILES string of the molecule is CC.Cc1cc(N)ccc1CN1CCCCC1. The fraction of sp³-hybridized carbons (Fsp3) is 0.600. The maximum atomic E-state index is 5.75. The molecular formula is C15H26N2. The van der Waals surface area contributed by atoms with Crippen LogP contribution in [0.4, 0.5) is 5.69 Å². The molecular weight excluding hydrogens is 208 g/mol. The summed E-state index contributed by atoms with van der Waals surface area (Å²) in [5.74, 6) is 0. The van der Waals surface area contributed by atoms with Gasteiger partial charge in [0.2, 0.25) is 0 Å². The number of hydrogen-bond acceptors (Lipinski definition) is 2. The zero-order valence-electron chi connectivity index (χ0n) is 11.5. The average Bonchev–Trinajstić information content (AvgIpc) is 2.37. The van der Waals surface area contributed by atoms with E-state index in [9.17, 15) is 0 Å². The summed E-state index contributed by atoms with van der Waals surface area (Å²) in [7, 11) is 0. The molecule has 17 heavy (non-hydrogen) atoms. The second kappa shape index (κ2) is 7.33. The molecule has 1 aromatic rings. The molecule has 2 N–H and O–H groups in total. The van der Waals surface area contributed by atoms with Gasteiger partial charge >= 0.3 is 0 Å². The van der Waals surface area contributed by atoms with E-state index in [0.717, 1.165) is 12.2 Å². The Morgan fingerprint density at radius 2 is 1.76 bits per heavy atom. The Morgan fingerprint density at radius 1 is 1.12 bits per heavy atom. The van der Waals surface area contributed by atoms with E-state index in [1.54, 1.807) is 0 Å². The lowest BCUT2D eigenvalue weighted by molar-refractivity contribution is 0.220. The highest BCUT2D eigenvalue weighted by molar-refractivity contribution is 5.44. The number of benzene rings is 1. The van der Waals surface area contributed by atoms with Crippen molar-refractivity contribution in [2.24, 2.45) is 0 Å². The number of likely N-dealkylation sites (tertiary alicyclic amines) is 1. The number of nitrogen functional groups attached to an aromatic ring is 1. The molecule has 0 radical (unpaired) electrons. The maximum absolute atomic E-state index is 5.75. The average molecular weight is 234 g/mol. The highest BCUT2D eigenvalue weighted by Gasteiger charge is 2.11. The molecule has 96 valence electrons. The van der Waals surface area contributed by atoms with Crippen LogP contribution in [0.5, 0.6) is 0 Å². The molecule has 0 aliphatic carbocycles. The van der Waals surface area contributed by atoms with Crippen molar-refractivity contribution in [3.8, 4) is 0 Å². The van der Waals surface area contributed by atoms with Gasteiger partial charge in [0, 0.05) is 12.2 Å². The van der Waals surface area contributed by atoms with Crippen molar-refractivity contribution in [2.75, 3.05) is 18.8 Å². The molecule has 0 spiro atoms. The summed E-state index contributed by atoms with van der Waals surface area (Å²) >= 11 is 0. The highest BCUT2D eigenvalue weighted by Crippen LogP contribution is 2.17. The minimum absolute atomic E-state index is 0.870. The molecule has 1 heterocycles. The molecule has 0 saturated carbocycles. The Hall–Kier alpha value is -1.02. The summed E-state index contributed by atoms with van der Waals surface area (Å²) in [5.41, 5.74) is 9.36. The van der Waals surface area contributed by atoms with E-state index < -0.39 is 0 Å². The van der Waals surface area contributed by atoms with Crippen LogP contribution in [0.3, 0.4) is 0 Å². The third-order valence-electron chi connectivity index (χ3n) is 3.21. The Kier molecular flexibility index (Phi) is 6.06. The van der Waals surface area contributed by atoms with Crippen LogP contribution in [0.1, 0.15) is 44.2 Å². The zero-order chi connectivity index (χ0) is 12.7. The first kappa shape index (κ1) is 14.0. The van der Waals surface area contributed by atoms with Crippen LogP contribution in [-0.2, 0) is 6.54 Å². The minimum Gasteiger partial charge on any atom is -0.399 e. The summed E-state index contributed by atoms with van der Waals surface area (Å²) in [6.07, 6.45) is 4.11. The number of rotatable bonds is 2. The molecule has 1 aromatic carbocycles. The molecule has 1 fully saturated rings. The van der Waals surface area contributed by atoms with Gasteiger partial charge in [0.05, 0.1) is 0 Å². The summed E-state index contributed by atoms with van der Waals surface area (Å²) in [6.45, 7) is 9.75. The molecule has 1 saturated heterocycles. The van der Waals surface area contributed by atoms with Crippen LogP contribution in [0, 0.1) is 6.92 Å². The lowest BCUT2D eigenvalue weighted by atomic mass is 10.1. The predicted molar refractivity (Wildman–Crippen MR) is 76.1 cm³/mol. The van der Waals surface area contributed by atoms with Crippen LogP contribution in [0.25, 0.3) is 0 Å². The van der Waals surface area contributed by atoms with Gasteiger partial charge in [0.1, 0.15) is 0 Å². The van der Waals surface area contributed by atoms with Crippen LogP contribution in [-0.4, -0.2) is 18.0 Å². The van der Waals surface area contributed by atoms with E-state index in [1.807, 2.05) is 19.9 Å². The Bertz CT molecular complexity index is 328. The number of nitrogens with zero attached hydrogens (tertiary/aromatic N) is 1. The van der Waals surface area contributed by atoms with Crippen LogP contribution < -0.4 is 5.73 Å². The van der Waals surface area contributed by atoms with E-state index in [-0.39, 0.29) is 0 Å². The Labute approximate surface area is 106 Å². The van der Waals surface area contributed by atoms with Gasteiger partial charge in [0.15, 0.2) is 0 Å². The van der Waals surface area contributed by atoms with Crippen molar-refractivity contribution < 1.29 is 0 Å². The van der Waals surface area contributed by atoms with Crippen molar-refractivity contribution in [3.05, 3.63) is 29.3 Å². The monoisotopic (exact) mass is 234 g/mol. The molecule has 2 nitrogen and oxygen atoms in total. The van der Waals surface area contributed by atoms with Gasteiger partial charge in [-0.2, -0.15) is 0 Å². The normalized spacial score (nSPS) is 16.2. The number of aryl methyl sites for hydroxylation is 1. The van der Waals surface area contributed by atoms with Gasteiger partial charge < -0.3 is 5.73 Å². The van der Waals surface area contributed by atoms with Gasteiger partial charge in [-0.15, -0.1) is 0 Å². The van der Waals surface area contributed by atoms with Gasteiger partial charge in [-0.25, -0.2) is 0 Å². The topological polar surface area (TPSA) is 29.3 Å². The van der Waals surface area contributed by atoms with Gasteiger partial charge in [-0.3, -0.25) is 4.90 Å². The molecule has 2 heteroatoms. The number of piperidine rings is 1. The summed E-state index contributed by atoms with van der Waals surface area (Å²) in [6, 6.07) is 6.24. The van der Waals surface area contributed by atoms with Crippen LogP contribution in [0.15, 0.2) is 18.2 Å². The van der Waals surface area contributed by atoms with Crippen molar-refractivity contribution in [3.63, 3.8) is 0 Å². The third kappa shape index (κ3) is 4.39. The molecule has 0 bridgehead atoms. The standard InChI is InChI=1S/C13H20N2.C2H6/c1-11-9-13(14)6-5-12(11)10-15-7-3-2-4-8-15;1-2/h5-6,9H,2-4,7-8,10,14H2,1H3;1-2H3. The maximum Gasteiger partial charge on any atom is 0.0316 e. The molecule has 1 aliphatic rings. The van der Waals surface area contributed by atoms with Crippen molar-refractivity contribution >= 4 is 5.69 Å².